The van der Waals surface area contributed by atoms with Crippen molar-refractivity contribution in [2.45, 2.75) is 13.2 Å². The van der Waals surface area contributed by atoms with Crippen LogP contribution in [0.4, 0.5) is 10.1 Å². The number of H-pyrrole nitrogens is 2. The van der Waals surface area contributed by atoms with E-state index in [0.29, 0.717) is 18.0 Å². The Kier molecular flexibility index (Phi) is 5.76. The molecule has 154 valence electrons. The molecule has 0 saturated carbocycles. The molecule has 0 aliphatic rings. The Labute approximate surface area is 180 Å². The highest BCUT2D eigenvalue weighted by Crippen LogP contribution is 2.37. The predicted molar refractivity (Wildman–Crippen MR) is 118 cm³/mol. The summed E-state index contributed by atoms with van der Waals surface area (Å²) >= 11 is 3.59. The first-order valence-electron chi connectivity index (χ1n) is 9.22. The largest absolute Gasteiger partial charge is 0.493 e. The molecule has 0 unspecified atom stereocenters. The zero-order valence-electron chi connectivity index (χ0n) is 16.1. The molecule has 0 saturated heterocycles. The van der Waals surface area contributed by atoms with Crippen LogP contribution in [0.2, 0.25) is 0 Å². The number of aromatic nitrogens is 2. The van der Waals surface area contributed by atoms with Gasteiger partial charge >= 0.3 is 5.69 Å². The molecule has 1 aromatic heterocycles. The van der Waals surface area contributed by atoms with Gasteiger partial charge in [-0.3, -0.25) is 0 Å². The fourth-order valence-corrected chi connectivity index (χ4v) is 3.59. The number of anilines is 1. The van der Waals surface area contributed by atoms with Crippen LogP contribution in [-0.2, 0) is 13.2 Å². The monoisotopic (exact) mass is 471 g/mol. The molecule has 0 spiro atoms. The highest BCUT2D eigenvalue weighted by molar-refractivity contribution is 9.10. The predicted octanol–water partition coefficient (Wildman–Crippen LogP) is 4.96. The quantitative estimate of drug-likeness (QED) is 0.356. The van der Waals surface area contributed by atoms with Crippen LogP contribution >= 0.6 is 15.9 Å². The van der Waals surface area contributed by atoms with E-state index < -0.39 is 0 Å². The summed E-state index contributed by atoms with van der Waals surface area (Å²) in [5, 5.41) is 3.35. The van der Waals surface area contributed by atoms with E-state index >= 15 is 0 Å². The van der Waals surface area contributed by atoms with E-state index in [4.69, 9.17) is 9.47 Å². The fourth-order valence-electron chi connectivity index (χ4n) is 3.14. The second kappa shape index (κ2) is 8.62. The van der Waals surface area contributed by atoms with Crippen molar-refractivity contribution < 1.29 is 13.9 Å². The number of hydrogen-bond acceptors (Lipinski definition) is 4. The van der Waals surface area contributed by atoms with E-state index in [1.165, 1.54) is 12.1 Å². The molecule has 0 fully saturated rings. The lowest BCUT2D eigenvalue weighted by Gasteiger charge is -2.17. The van der Waals surface area contributed by atoms with Gasteiger partial charge in [0.15, 0.2) is 11.5 Å². The van der Waals surface area contributed by atoms with Gasteiger partial charge < -0.3 is 24.8 Å². The van der Waals surface area contributed by atoms with E-state index in [9.17, 15) is 9.18 Å². The average molecular weight is 472 g/mol. The molecule has 3 N–H and O–H groups in total. The first-order chi connectivity index (χ1) is 14.5. The lowest BCUT2D eigenvalue weighted by molar-refractivity contribution is 0.281. The Balaban J connectivity index is 1.57. The highest BCUT2D eigenvalue weighted by Gasteiger charge is 2.15. The Bertz CT molecular complexity index is 1230. The smallest absolute Gasteiger partial charge is 0.323 e. The van der Waals surface area contributed by atoms with E-state index in [2.05, 4.69) is 31.2 Å². The number of imidazole rings is 1. The SMILES string of the molecule is COc1ccc(Br)c(CNc2ccc3[nH]c(=O)[nH]c3c2)c1OCc1ccc(F)cc1. The summed E-state index contributed by atoms with van der Waals surface area (Å²) in [6.07, 6.45) is 0. The molecule has 1 heterocycles. The van der Waals surface area contributed by atoms with Crippen LogP contribution in [0.15, 0.2) is 63.9 Å². The minimum absolute atomic E-state index is 0.242. The van der Waals surface area contributed by atoms with Gasteiger partial charge in [-0.05, 0) is 48.0 Å². The molecule has 0 atom stereocenters. The third-order valence-corrected chi connectivity index (χ3v) is 5.41. The van der Waals surface area contributed by atoms with Crippen LogP contribution in [0.25, 0.3) is 11.0 Å². The second-order valence-electron chi connectivity index (χ2n) is 6.67. The number of nitrogens with one attached hydrogen (secondary N) is 3. The van der Waals surface area contributed by atoms with Crippen molar-refractivity contribution in [1.82, 2.24) is 9.97 Å². The zero-order chi connectivity index (χ0) is 21.1. The van der Waals surface area contributed by atoms with Crippen LogP contribution in [0.1, 0.15) is 11.1 Å². The van der Waals surface area contributed by atoms with Gasteiger partial charge in [0.1, 0.15) is 12.4 Å². The molecular formula is C22H19BrFN3O3. The van der Waals surface area contributed by atoms with Gasteiger partial charge in [-0.2, -0.15) is 0 Å². The zero-order valence-corrected chi connectivity index (χ0v) is 17.7. The van der Waals surface area contributed by atoms with Crippen LogP contribution in [0.3, 0.4) is 0 Å². The lowest BCUT2D eigenvalue weighted by Crippen LogP contribution is -2.06. The summed E-state index contributed by atoms with van der Waals surface area (Å²) in [4.78, 5) is 16.9. The summed E-state index contributed by atoms with van der Waals surface area (Å²) < 4.78 is 25.6. The molecular weight excluding hydrogens is 453 g/mol. The van der Waals surface area contributed by atoms with E-state index in [1.54, 1.807) is 19.2 Å². The second-order valence-corrected chi connectivity index (χ2v) is 7.52. The van der Waals surface area contributed by atoms with Gasteiger partial charge in [0.25, 0.3) is 0 Å². The number of ether oxygens (including phenoxy) is 2. The number of halogens is 2. The van der Waals surface area contributed by atoms with Crippen LogP contribution in [0.5, 0.6) is 11.5 Å². The van der Waals surface area contributed by atoms with E-state index in [0.717, 1.165) is 32.3 Å². The van der Waals surface area contributed by atoms with Crippen molar-refractivity contribution in [2.75, 3.05) is 12.4 Å². The van der Waals surface area contributed by atoms with Gasteiger partial charge in [-0.25, -0.2) is 9.18 Å². The van der Waals surface area contributed by atoms with Crippen molar-refractivity contribution in [1.29, 1.82) is 0 Å². The Morgan fingerprint density at radius 3 is 2.57 bits per heavy atom. The Morgan fingerprint density at radius 2 is 1.80 bits per heavy atom. The normalized spacial score (nSPS) is 10.9. The molecule has 0 aliphatic carbocycles. The number of fused-ring (bicyclic) bond motifs is 1. The summed E-state index contributed by atoms with van der Waals surface area (Å²) in [7, 11) is 1.58. The maximum absolute atomic E-state index is 13.1. The standard InChI is InChI=1S/C22H19BrFN3O3/c1-29-20-9-7-17(23)16(21(20)30-12-13-2-4-14(24)5-3-13)11-25-15-6-8-18-19(10-15)27-22(28)26-18/h2-10,25H,11-12H2,1H3,(H2,26,27,28). The topological polar surface area (TPSA) is 79.1 Å². The molecule has 0 bridgehead atoms. The molecule has 4 aromatic rings. The minimum atomic E-state index is -0.288. The third kappa shape index (κ3) is 4.33. The summed E-state index contributed by atoms with van der Waals surface area (Å²) in [5.41, 5.74) is 3.79. The minimum Gasteiger partial charge on any atom is -0.493 e. The van der Waals surface area contributed by atoms with Gasteiger partial charge in [0.05, 0.1) is 18.1 Å². The van der Waals surface area contributed by atoms with Crippen molar-refractivity contribution >= 4 is 32.7 Å². The maximum atomic E-state index is 13.1. The molecule has 4 rings (SSSR count). The van der Waals surface area contributed by atoms with Gasteiger partial charge in [0, 0.05) is 22.3 Å². The Morgan fingerprint density at radius 1 is 1.03 bits per heavy atom. The van der Waals surface area contributed by atoms with Crippen molar-refractivity contribution in [2.24, 2.45) is 0 Å². The highest BCUT2D eigenvalue weighted by atomic mass is 79.9. The van der Waals surface area contributed by atoms with Crippen molar-refractivity contribution in [3.05, 3.63) is 86.5 Å². The number of rotatable bonds is 7. The average Bonchev–Trinajstić information content (AvgIpc) is 3.12. The van der Waals surface area contributed by atoms with Crippen LogP contribution < -0.4 is 20.5 Å². The Hall–Kier alpha value is -3.26. The molecule has 0 aliphatic heterocycles. The van der Waals surface area contributed by atoms with Gasteiger partial charge in [0.2, 0.25) is 0 Å². The first kappa shape index (κ1) is 20.0. The molecule has 3 aromatic carbocycles. The molecule has 6 nitrogen and oxygen atoms in total. The number of benzene rings is 3. The van der Waals surface area contributed by atoms with E-state index in [1.807, 2.05) is 30.3 Å². The lowest BCUT2D eigenvalue weighted by atomic mass is 10.1. The van der Waals surface area contributed by atoms with E-state index in [-0.39, 0.29) is 18.1 Å². The summed E-state index contributed by atoms with van der Waals surface area (Å²) in [5.74, 6) is 0.909. The van der Waals surface area contributed by atoms with Crippen LogP contribution in [-0.4, -0.2) is 17.1 Å². The number of methoxy groups -OCH3 is 1. The summed E-state index contributed by atoms with van der Waals surface area (Å²) in [6.45, 7) is 0.729. The van der Waals surface area contributed by atoms with Gasteiger partial charge in [-0.15, -0.1) is 0 Å². The summed E-state index contributed by atoms with van der Waals surface area (Å²) in [6, 6.07) is 15.5. The van der Waals surface area contributed by atoms with Crippen LogP contribution in [0, 0.1) is 5.82 Å². The molecule has 0 amide bonds. The number of aromatic amines is 2. The molecule has 0 radical (unpaired) electrons. The molecule has 8 heteroatoms. The van der Waals surface area contributed by atoms with Gasteiger partial charge in [-0.1, -0.05) is 28.1 Å². The van der Waals surface area contributed by atoms with Crippen molar-refractivity contribution in [3.63, 3.8) is 0 Å². The molecule has 30 heavy (non-hydrogen) atoms. The third-order valence-electron chi connectivity index (χ3n) is 4.67. The van der Waals surface area contributed by atoms with Crippen molar-refractivity contribution in [3.8, 4) is 11.5 Å². The first-order valence-corrected chi connectivity index (χ1v) is 10.0. The fraction of sp³-hybridized carbons (Fsp3) is 0.136. The number of hydrogen-bond donors (Lipinski definition) is 3. The maximum Gasteiger partial charge on any atom is 0.323 e.